The minimum absolute atomic E-state index is 0.786. The highest BCUT2D eigenvalue weighted by molar-refractivity contribution is 9.10. The van der Waals surface area contributed by atoms with Gasteiger partial charge in [0.15, 0.2) is 0 Å². The standard InChI is InChI=1S/C16H17BrClN/c1-10-6-12(3)16(15(17)7-10)19-9-13-4-5-14(18)8-11(13)2/h4-8,19H,9H2,1-3H3. The van der Waals surface area contributed by atoms with E-state index in [9.17, 15) is 0 Å². The van der Waals surface area contributed by atoms with Gasteiger partial charge in [0.2, 0.25) is 0 Å². The fraction of sp³-hybridized carbons (Fsp3) is 0.250. The highest BCUT2D eigenvalue weighted by Gasteiger charge is 2.06. The lowest BCUT2D eigenvalue weighted by Gasteiger charge is -2.14. The van der Waals surface area contributed by atoms with Crippen molar-refractivity contribution in [2.45, 2.75) is 27.3 Å². The van der Waals surface area contributed by atoms with E-state index in [1.54, 1.807) is 0 Å². The van der Waals surface area contributed by atoms with Crippen LogP contribution in [0.25, 0.3) is 0 Å². The summed E-state index contributed by atoms with van der Waals surface area (Å²) in [4.78, 5) is 0. The Hall–Kier alpha value is -0.990. The molecule has 0 heterocycles. The van der Waals surface area contributed by atoms with Crippen LogP contribution in [0.5, 0.6) is 0 Å². The van der Waals surface area contributed by atoms with Crippen LogP contribution >= 0.6 is 27.5 Å². The Morgan fingerprint density at radius 2 is 1.79 bits per heavy atom. The van der Waals surface area contributed by atoms with Gasteiger partial charge in [-0.25, -0.2) is 0 Å². The third kappa shape index (κ3) is 3.52. The third-order valence-electron chi connectivity index (χ3n) is 3.19. The van der Waals surface area contributed by atoms with Crippen LogP contribution in [0.4, 0.5) is 5.69 Å². The third-order valence-corrected chi connectivity index (χ3v) is 4.05. The number of aryl methyl sites for hydroxylation is 3. The zero-order chi connectivity index (χ0) is 14.0. The second-order valence-electron chi connectivity index (χ2n) is 4.86. The molecule has 1 nitrogen and oxygen atoms in total. The number of nitrogens with one attached hydrogen (secondary N) is 1. The van der Waals surface area contributed by atoms with Crippen molar-refractivity contribution in [3.05, 3.63) is 62.1 Å². The zero-order valence-electron chi connectivity index (χ0n) is 11.3. The van der Waals surface area contributed by atoms with E-state index in [0.717, 1.165) is 21.7 Å². The molecule has 2 aromatic carbocycles. The van der Waals surface area contributed by atoms with Crippen LogP contribution in [-0.2, 0) is 6.54 Å². The van der Waals surface area contributed by atoms with E-state index in [4.69, 9.17) is 11.6 Å². The number of hydrogen-bond donors (Lipinski definition) is 1. The highest BCUT2D eigenvalue weighted by atomic mass is 79.9. The summed E-state index contributed by atoms with van der Waals surface area (Å²) in [5.74, 6) is 0. The molecule has 0 bridgehead atoms. The predicted molar refractivity (Wildman–Crippen MR) is 87.1 cm³/mol. The molecule has 0 saturated carbocycles. The minimum Gasteiger partial charge on any atom is -0.380 e. The SMILES string of the molecule is Cc1cc(C)c(NCc2ccc(Cl)cc2C)c(Br)c1. The summed E-state index contributed by atoms with van der Waals surface area (Å²) in [5, 5.41) is 4.28. The van der Waals surface area contributed by atoms with Gasteiger partial charge in [0, 0.05) is 16.0 Å². The summed E-state index contributed by atoms with van der Waals surface area (Å²) in [6.45, 7) is 7.10. The van der Waals surface area contributed by atoms with Crippen molar-refractivity contribution in [1.29, 1.82) is 0 Å². The Kier molecular flexibility index (Phi) is 4.54. The van der Waals surface area contributed by atoms with E-state index in [2.05, 4.69) is 60.2 Å². The van der Waals surface area contributed by atoms with Gasteiger partial charge in [0.05, 0.1) is 5.69 Å². The van der Waals surface area contributed by atoms with E-state index < -0.39 is 0 Å². The molecular formula is C16H17BrClN. The molecule has 0 aliphatic heterocycles. The summed E-state index contributed by atoms with van der Waals surface area (Å²) in [6, 6.07) is 10.3. The van der Waals surface area contributed by atoms with Crippen LogP contribution in [0.1, 0.15) is 22.3 Å². The Bertz CT molecular complexity index is 585. The largest absolute Gasteiger partial charge is 0.380 e. The van der Waals surface area contributed by atoms with Crippen molar-refractivity contribution in [1.82, 2.24) is 0 Å². The molecule has 2 rings (SSSR count). The Labute approximate surface area is 128 Å². The predicted octanol–water partition coefficient (Wildman–Crippen LogP) is 5.64. The minimum atomic E-state index is 0.786. The van der Waals surface area contributed by atoms with Crippen LogP contribution in [0.2, 0.25) is 5.02 Å². The number of halogens is 2. The number of benzene rings is 2. The zero-order valence-corrected chi connectivity index (χ0v) is 13.7. The van der Waals surface area contributed by atoms with Gasteiger partial charge in [0.25, 0.3) is 0 Å². The summed E-state index contributed by atoms with van der Waals surface area (Å²) in [5.41, 5.74) is 6.13. The van der Waals surface area contributed by atoms with E-state index in [1.165, 1.54) is 22.3 Å². The van der Waals surface area contributed by atoms with Crippen LogP contribution in [0, 0.1) is 20.8 Å². The average molecular weight is 339 g/mol. The molecule has 0 radical (unpaired) electrons. The summed E-state index contributed by atoms with van der Waals surface area (Å²) in [6.07, 6.45) is 0. The summed E-state index contributed by atoms with van der Waals surface area (Å²) >= 11 is 9.59. The van der Waals surface area contributed by atoms with Crippen molar-refractivity contribution in [2.75, 3.05) is 5.32 Å². The molecule has 2 aromatic rings. The molecule has 0 saturated heterocycles. The average Bonchev–Trinajstić information content (AvgIpc) is 2.30. The lowest BCUT2D eigenvalue weighted by molar-refractivity contribution is 1.11. The fourth-order valence-corrected chi connectivity index (χ4v) is 3.22. The lowest BCUT2D eigenvalue weighted by Crippen LogP contribution is -2.03. The van der Waals surface area contributed by atoms with E-state index in [0.29, 0.717) is 0 Å². The number of rotatable bonds is 3. The van der Waals surface area contributed by atoms with Crippen molar-refractivity contribution >= 4 is 33.2 Å². The van der Waals surface area contributed by atoms with Crippen LogP contribution in [0.3, 0.4) is 0 Å². The highest BCUT2D eigenvalue weighted by Crippen LogP contribution is 2.28. The first-order valence-corrected chi connectivity index (χ1v) is 7.40. The molecule has 0 amide bonds. The van der Waals surface area contributed by atoms with Crippen LogP contribution in [0.15, 0.2) is 34.8 Å². The molecule has 0 fully saturated rings. The molecule has 0 aliphatic carbocycles. The van der Waals surface area contributed by atoms with E-state index in [-0.39, 0.29) is 0 Å². The first-order valence-electron chi connectivity index (χ1n) is 6.23. The maximum atomic E-state index is 5.97. The molecule has 0 atom stereocenters. The van der Waals surface area contributed by atoms with Crippen molar-refractivity contribution in [3.8, 4) is 0 Å². The van der Waals surface area contributed by atoms with Gasteiger partial charge in [-0.3, -0.25) is 0 Å². The first-order chi connectivity index (χ1) is 8.97. The van der Waals surface area contributed by atoms with E-state index >= 15 is 0 Å². The molecule has 0 unspecified atom stereocenters. The Balaban J connectivity index is 2.19. The van der Waals surface area contributed by atoms with Gasteiger partial charge in [0.1, 0.15) is 0 Å². The van der Waals surface area contributed by atoms with Gasteiger partial charge in [-0.15, -0.1) is 0 Å². The molecule has 0 spiro atoms. The molecule has 3 heteroatoms. The van der Waals surface area contributed by atoms with Crippen molar-refractivity contribution < 1.29 is 0 Å². The maximum absolute atomic E-state index is 5.97. The van der Waals surface area contributed by atoms with Crippen molar-refractivity contribution in [3.63, 3.8) is 0 Å². The normalized spacial score (nSPS) is 10.6. The number of hydrogen-bond acceptors (Lipinski definition) is 1. The van der Waals surface area contributed by atoms with E-state index in [1.807, 2.05) is 12.1 Å². The molecule has 19 heavy (non-hydrogen) atoms. The van der Waals surface area contributed by atoms with Crippen LogP contribution < -0.4 is 5.32 Å². The smallest absolute Gasteiger partial charge is 0.0517 e. The molecule has 100 valence electrons. The van der Waals surface area contributed by atoms with Crippen LogP contribution in [-0.4, -0.2) is 0 Å². The summed E-state index contributed by atoms with van der Waals surface area (Å²) in [7, 11) is 0. The Morgan fingerprint density at radius 3 is 2.42 bits per heavy atom. The second kappa shape index (κ2) is 5.98. The van der Waals surface area contributed by atoms with Gasteiger partial charge in [-0.1, -0.05) is 23.7 Å². The molecular weight excluding hydrogens is 322 g/mol. The van der Waals surface area contributed by atoms with Gasteiger partial charge in [-0.2, -0.15) is 0 Å². The number of anilines is 1. The van der Waals surface area contributed by atoms with Gasteiger partial charge < -0.3 is 5.32 Å². The van der Waals surface area contributed by atoms with Crippen molar-refractivity contribution in [2.24, 2.45) is 0 Å². The monoisotopic (exact) mass is 337 g/mol. The topological polar surface area (TPSA) is 12.0 Å². The Morgan fingerprint density at radius 1 is 1.05 bits per heavy atom. The van der Waals surface area contributed by atoms with Gasteiger partial charge >= 0.3 is 0 Å². The summed E-state index contributed by atoms with van der Waals surface area (Å²) < 4.78 is 1.11. The first kappa shape index (κ1) is 14.4. The molecule has 1 N–H and O–H groups in total. The molecule has 0 aromatic heterocycles. The van der Waals surface area contributed by atoms with Gasteiger partial charge in [-0.05, 0) is 77.2 Å². The maximum Gasteiger partial charge on any atom is 0.0517 e. The fourth-order valence-electron chi connectivity index (χ4n) is 2.18. The second-order valence-corrected chi connectivity index (χ2v) is 6.15. The quantitative estimate of drug-likeness (QED) is 0.763. The molecule has 0 aliphatic rings. The lowest BCUT2D eigenvalue weighted by atomic mass is 10.1.